The maximum absolute atomic E-state index is 12.6. The van der Waals surface area contributed by atoms with E-state index in [0.717, 1.165) is 31.5 Å². The second-order valence-corrected chi connectivity index (χ2v) is 7.67. The molecule has 0 saturated carbocycles. The second-order valence-electron chi connectivity index (χ2n) is 7.67. The number of benzene rings is 2. The molecular formula is C23H27ClN4O5. The molecule has 1 aliphatic heterocycles. The van der Waals surface area contributed by atoms with Gasteiger partial charge < -0.3 is 25.8 Å². The van der Waals surface area contributed by atoms with Crippen LogP contribution in [-0.2, 0) is 16.0 Å². The van der Waals surface area contributed by atoms with Crippen LogP contribution in [0.1, 0.15) is 39.9 Å². The van der Waals surface area contributed by atoms with Gasteiger partial charge in [-0.05, 0) is 61.7 Å². The van der Waals surface area contributed by atoms with Crippen molar-refractivity contribution >= 4 is 41.7 Å². The zero-order valence-corrected chi connectivity index (χ0v) is 19.0. The van der Waals surface area contributed by atoms with Crippen LogP contribution in [0.4, 0.5) is 5.69 Å². The van der Waals surface area contributed by atoms with Gasteiger partial charge in [0.15, 0.2) is 6.61 Å². The van der Waals surface area contributed by atoms with E-state index in [1.807, 2.05) is 11.8 Å². The molecule has 0 radical (unpaired) electrons. The van der Waals surface area contributed by atoms with Gasteiger partial charge in [-0.15, -0.1) is 12.4 Å². The fraction of sp³-hybridized carbons (Fsp3) is 0.304. The number of carboxylic acids is 1. The lowest BCUT2D eigenvalue weighted by Crippen LogP contribution is -2.28. The first-order chi connectivity index (χ1) is 15.2. The summed E-state index contributed by atoms with van der Waals surface area (Å²) >= 11 is 0. The number of amides is 2. The number of nitrogens with one attached hydrogen (secondary N) is 2. The number of anilines is 1. The first-order valence-electron chi connectivity index (χ1n) is 10.3. The summed E-state index contributed by atoms with van der Waals surface area (Å²) in [5.41, 5.74) is 8.26. The number of aryl methyl sites for hydroxylation is 1. The number of aliphatic carboxylic acids is 1. The number of rotatable bonds is 8. The quantitative estimate of drug-likeness (QED) is 0.341. The summed E-state index contributed by atoms with van der Waals surface area (Å²) in [7, 11) is 0. The number of carboxylic acid groups (broad SMARTS) is 1. The first kappa shape index (κ1) is 25.7. The highest BCUT2D eigenvalue weighted by molar-refractivity contribution is 5.98. The third-order valence-electron chi connectivity index (χ3n) is 5.21. The van der Waals surface area contributed by atoms with Gasteiger partial charge in [-0.1, -0.05) is 0 Å². The Balaban J connectivity index is 0.00000385. The van der Waals surface area contributed by atoms with Crippen molar-refractivity contribution in [1.29, 1.82) is 5.41 Å². The Morgan fingerprint density at radius 1 is 1.15 bits per heavy atom. The number of nitrogens with zero attached hydrogens (tertiary/aromatic N) is 1. The lowest BCUT2D eigenvalue weighted by atomic mass is 10.0. The number of carbonyl (C=O) groups excluding carboxylic acids is 2. The maximum Gasteiger partial charge on any atom is 0.341 e. The van der Waals surface area contributed by atoms with Crippen molar-refractivity contribution in [1.82, 2.24) is 4.90 Å². The summed E-state index contributed by atoms with van der Waals surface area (Å²) in [6.45, 7) is 2.80. The molecule has 0 unspecified atom stereocenters. The Bertz CT molecular complexity index is 1070. The number of hydrogen-bond acceptors (Lipinski definition) is 5. The van der Waals surface area contributed by atoms with E-state index in [4.69, 9.17) is 21.0 Å². The van der Waals surface area contributed by atoms with Crippen LogP contribution in [0.15, 0.2) is 36.4 Å². The Labute approximate surface area is 197 Å². The summed E-state index contributed by atoms with van der Waals surface area (Å²) in [5, 5.41) is 19.2. The molecule has 5 N–H and O–H groups in total. The van der Waals surface area contributed by atoms with Crippen LogP contribution in [0.5, 0.6) is 5.75 Å². The van der Waals surface area contributed by atoms with E-state index >= 15 is 0 Å². The largest absolute Gasteiger partial charge is 0.482 e. The summed E-state index contributed by atoms with van der Waals surface area (Å²) < 4.78 is 5.26. The average Bonchev–Trinajstić information content (AvgIpc) is 3.27. The predicted molar refractivity (Wildman–Crippen MR) is 126 cm³/mol. The molecule has 1 heterocycles. The number of likely N-dealkylation sites (tertiary alicyclic amines) is 1. The van der Waals surface area contributed by atoms with Crippen molar-refractivity contribution in [3.05, 3.63) is 58.7 Å². The lowest BCUT2D eigenvalue weighted by molar-refractivity contribution is -0.139. The molecule has 0 aromatic heterocycles. The fourth-order valence-corrected chi connectivity index (χ4v) is 3.62. The lowest BCUT2D eigenvalue weighted by Gasteiger charge is -2.17. The molecule has 1 aliphatic rings. The summed E-state index contributed by atoms with van der Waals surface area (Å²) in [6.07, 6.45) is 1.92. The monoisotopic (exact) mass is 474 g/mol. The van der Waals surface area contributed by atoms with Crippen molar-refractivity contribution in [3.8, 4) is 5.75 Å². The maximum atomic E-state index is 12.6. The molecule has 33 heavy (non-hydrogen) atoms. The van der Waals surface area contributed by atoms with Gasteiger partial charge >= 0.3 is 5.97 Å². The standard InChI is InChI=1S/C23H26N4O5.ClH/c1-14-10-17(5-6-18(14)23(31)27-8-2-3-9-27)26-20(28)12-16-11-15(22(24)25)4-7-19(16)32-13-21(29)30;/h4-7,10-11H,2-3,8-9,12-13H2,1H3,(H3,24,25)(H,26,28)(H,29,30);1H. The molecule has 10 heteroatoms. The minimum absolute atomic E-state index is 0. The number of halogens is 1. The van der Waals surface area contributed by atoms with Crippen molar-refractivity contribution < 1.29 is 24.2 Å². The molecule has 0 atom stereocenters. The van der Waals surface area contributed by atoms with Crippen LogP contribution >= 0.6 is 12.4 Å². The zero-order chi connectivity index (χ0) is 23.3. The molecule has 9 nitrogen and oxygen atoms in total. The van der Waals surface area contributed by atoms with Gasteiger partial charge in [0.25, 0.3) is 5.91 Å². The normalized spacial score (nSPS) is 12.6. The molecule has 2 amide bonds. The van der Waals surface area contributed by atoms with Crippen molar-refractivity contribution in [2.24, 2.45) is 5.73 Å². The van der Waals surface area contributed by atoms with Gasteiger partial charge in [0.05, 0.1) is 6.42 Å². The second kappa shape index (κ2) is 11.3. The molecule has 2 aromatic rings. The van der Waals surface area contributed by atoms with E-state index in [1.54, 1.807) is 18.2 Å². The molecule has 1 fully saturated rings. The van der Waals surface area contributed by atoms with E-state index in [0.29, 0.717) is 22.4 Å². The van der Waals surface area contributed by atoms with Crippen LogP contribution in [0.3, 0.4) is 0 Å². The molecule has 0 aliphatic carbocycles. The van der Waals surface area contributed by atoms with E-state index in [9.17, 15) is 14.4 Å². The Kier molecular flexibility index (Phi) is 8.81. The molecular weight excluding hydrogens is 448 g/mol. The van der Waals surface area contributed by atoms with E-state index < -0.39 is 12.6 Å². The highest BCUT2D eigenvalue weighted by Crippen LogP contribution is 2.23. The summed E-state index contributed by atoms with van der Waals surface area (Å²) in [6, 6.07) is 9.69. The molecule has 1 saturated heterocycles. The number of ether oxygens (including phenoxy) is 1. The summed E-state index contributed by atoms with van der Waals surface area (Å²) in [5.74, 6) is -1.45. The van der Waals surface area contributed by atoms with Crippen LogP contribution in [-0.4, -0.2) is 53.3 Å². The van der Waals surface area contributed by atoms with Gasteiger partial charge in [0.2, 0.25) is 5.91 Å². The number of hydrogen-bond donors (Lipinski definition) is 4. The SMILES string of the molecule is Cc1cc(NC(=O)Cc2cc(C(=N)N)ccc2OCC(=O)O)ccc1C(=O)N1CCCC1.Cl. The van der Waals surface area contributed by atoms with Crippen LogP contribution in [0.25, 0.3) is 0 Å². The van der Waals surface area contributed by atoms with Gasteiger partial charge in [-0.3, -0.25) is 15.0 Å². The third-order valence-corrected chi connectivity index (χ3v) is 5.21. The van der Waals surface area contributed by atoms with Gasteiger partial charge in [-0.2, -0.15) is 0 Å². The Hall–Kier alpha value is -3.59. The van der Waals surface area contributed by atoms with Gasteiger partial charge in [-0.25, -0.2) is 4.79 Å². The predicted octanol–water partition coefficient (Wildman–Crippen LogP) is 2.58. The molecule has 3 rings (SSSR count). The van der Waals surface area contributed by atoms with Gasteiger partial charge in [0, 0.05) is 35.5 Å². The highest BCUT2D eigenvalue weighted by Gasteiger charge is 2.21. The topological polar surface area (TPSA) is 146 Å². The molecule has 2 aromatic carbocycles. The van der Waals surface area contributed by atoms with E-state index in [1.165, 1.54) is 18.2 Å². The van der Waals surface area contributed by atoms with Crippen molar-refractivity contribution in [3.63, 3.8) is 0 Å². The van der Waals surface area contributed by atoms with E-state index in [-0.39, 0.29) is 42.2 Å². The Morgan fingerprint density at radius 2 is 1.85 bits per heavy atom. The zero-order valence-electron chi connectivity index (χ0n) is 18.2. The number of carbonyl (C=O) groups is 3. The van der Waals surface area contributed by atoms with Crippen molar-refractivity contribution in [2.45, 2.75) is 26.2 Å². The summed E-state index contributed by atoms with van der Waals surface area (Å²) in [4.78, 5) is 37.9. The smallest absolute Gasteiger partial charge is 0.341 e. The molecule has 0 spiro atoms. The minimum Gasteiger partial charge on any atom is -0.482 e. The third kappa shape index (κ3) is 6.69. The highest BCUT2D eigenvalue weighted by atomic mass is 35.5. The molecule has 0 bridgehead atoms. The number of nitrogens with two attached hydrogens (primary N) is 1. The van der Waals surface area contributed by atoms with E-state index in [2.05, 4.69) is 5.32 Å². The van der Waals surface area contributed by atoms with Crippen LogP contribution in [0, 0.1) is 12.3 Å². The molecule has 176 valence electrons. The number of nitrogen functional groups attached to an aromatic ring is 1. The minimum atomic E-state index is -1.14. The fourth-order valence-electron chi connectivity index (χ4n) is 3.62. The first-order valence-corrected chi connectivity index (χ1v) is 10.3. The van der Waals surface area contributed by atoms with Crippen LogP contribution in [0.2, 0.25) is 0 Å². The Morgan fingerprint density at radius 3 is 2.45 bits per heavy atom. The van der Waals surface area contributed by atoms with Gasteiger partial charge in [0.1, 0.15) is 11.6 Å². The average molecular weight is 475 g/mol. The van der Waals surface area contributed by atoms with Crippen molar-refractivity contribution in [2.75, 3.05) is 25.0 Å². The van der Waals surface area contributed by atoms with Crippen LogP contribution < -0.4 is 15.8 Å². The number of amidine groups is 1.